The van der Waals surface area contributed by atoms with Gasteiger partial charge in [-0.15, -0.1) is 10.2 Å². The van der Waals surface area contributed by atoms with Gasteiger partial charge in [-0.05, 0) is 30.7 Å². The van der Waals surface area contributed by atoms with Crippen molar-refractivity contribution in [3.63, 3.8) is 0 Å². The van der Waals surface area contributed by atoms with E-state index in [0.29, 0.717) is 11.7 Å². The van der Waals surface area contributed by atoms with Gasteiger partial charge in [0.2, 0.25) is 0 Å². The normalized spacial score (nSPS) is 15.1. The van der Waals surface area contributed by atoms with Crippen molar-refractivity contribution in [1.29, 1.82) is 0 Å². The van der Waals surface area contributed by atoms with Crippen molar-refractivity contribution in [2.75, 3.05) is 50.9 Å². The summed E-state index contributed by atoms with van der Waals surface area (Å²) >= 11 is 1.65. The number of aromatic nitrogens is 3. The fraction of sp³-hybridized carbons (Fsp3) is 0.591. The molecule has 1 fully saturated rings. The number of anilines is 1. The number of piperazine rings is 1. The summed E-state index contributed by atoms with van der Waals surface area (Å²) in [5.41, 5.74) is 0.903. The van der Waals surface area contributed by atoms with Crippen LogP contribution in [-0.2, 0) is 13.0 Å². The van der Waals surface area contributed by atoms with Gasteiger partial charge in [0.05, 0.1) is 5.69 Å². The molecule has 170 valence electrons. The Labute approximate surface area is 189 Å². The predicted molar refractivity (Wildman–Crippen MR) is 128 cm³/mol. The Morgan fingerprint density at radius 1 is 1.19 bits per heavy atom. The number of benzene rings is 1. The zero-order valence-electron chi connectivity index (χ0n) is 19.1. The Morgan fingerprint density at radius 2 is 1.94 bits per heavy atom. The van der Waals surface area contributed by atoms with Crippen molar-refractivity contribution >= 4 is 23.4 Å². The van der Waals surface area contributed by atoms with Gasteiger partial charge in [-0.2, -0.15) is 0 Å². The molecule has 0 atom stereocenters. The van der Waals surface area contributed by atoms with E-state index in [4.69, 9.17) is 0 Å². The Hall–Kier alpha value is -2.42. The molecule has 1 aromatic heterocycles. The van der Waals surface area contributed by atoms with Crippen molar-refractivity contribution in [3.8, 4) is 5.75 Å². The monoisotopic (exact) mass is 445 g/mol. The summed E-state index contributed by atoms with van der Waals surface area (Å²) in [5.74, 6) is 2.90. The van der Waals surface area contributed by atoms with Gasteiger partial charge in [0.1, 0.15) is 11.6 Å². The molecule has 0 aliphatic carbocycles. The van der Waals surface area contributed by atoms with Gasteiger partial charge in [0, 0.05) is 52.7 Å². The first kappa shape index (κ1) is 23.2. The second kappa shape index (κ2) is 11.3. The average molecular weight is 446 g/mol. The van der Waals surface area contributed by atoms with E-state index in [2.05, 4.69) is 55.0 Å². The van der Waals surface area contributed by atoms with Crippen LogP contribution in [0, 0.1) is 5.92 Å². The van der Waals surface area contributed by atoms with E-state index in [1.165, 1.54) is 0 Å². The highest BCUT2D eigenvalue weighted by molar-refractivity contribution is 7.98. The summed E-state index contributed by atoms with van der Waals surface area (Å²) in [7, 11) is 1.84. The molecule has 31 heavy (non-hydrogen) atoms. The number of phenols is 1. The second-order valence-electron chi connectivity index (χ2n) is 8.15. The lowest BCUT2D eigenvalue weighted by Gasteiger charge is -2.37. The number of aliphatic imine (C=N–C) groups is 1. The maximum absolute atomic E-state index is 10.1. The molecule has 0 saturated carbocycles. The van der Waals surface area contributed by atoms with Crippen LogP contribution in [0.25, 0.3) is 0 Å². The zero-order chi connectivity index (χ0) is 22.2. The molecule has 1 aliphatic rings. The lowest BCUT2D eigenvalue weighted by atomic mass is 10.2. The van der Waals surface area contributed by atoms with Crippen LogP contribution in [0.15, 0.2) is 34.4 Å². The van der Waals surface area contributed by atoms with Crippen molar-refractivity contribution in [2.45, 2.75) is 38.4 Å². The van der Waals surface area contributed by atoms with Crippen molar-refractivity contribution in [2.24, 2.45) is 10.9 Å². The average Bonchev–Trinajstić information content (AvgIpc) is 3.15. The first-order valence-electron chi connectivity index (χ1n) is 11.0. The van der Waals surface area contributed by atoms with E-state index in [-0.39, 0.29) is 0 Å². The van der Waals surface area contributed by atoms with Gasteiger partial charge in [-0.1, -0.05) is 37.7 Å². The molecule has 1 aromatic carbocycles. The number of guanidine groups is 1. The Bertz CT molecular complexity index is 859. The first-order chi connectivity index (χ1) is 15.0. The van der Waals surface area contributed by atoms with E-state index in [9.17, 15) is 5.11 Å². The fourth-order valence-corrected chi connectivity index (χ4v) is 4.40. The van der Waals surface area contributed by atoms with Crippen LogP contribution < -0.4 is 10.2 Å². The van der Waals surface area contributed by atoms with Crippen LogP contribution in [0.2, 0.25) is 0 Å². The molecule has 0 amide bonds. The van der Waals surface area contributed by atoms with Crippen LogP contribution in [0.5, 0.6) is 5.75 Å². The second-order valence-corrected chi connectivity index (χ2v) is 8.92. The summed E-state index contributed by atoms with van der Waals surface area (Å²) < 4.78 is 2.25. The van der Waals surface area contributed by atoms with E-state index in [1.54, 1.807) is 17.8 Å². The molecular formula is C22H35N7OS. The molecule has 8 nitrogen and oxygen atoms in total. The van der Waals surface area contributed by atoms with Crippen LogP contribution >= 0.6 is 11.8 Å². The van der Waals surface area contributed by atoms with E-state index < -0.39 is 0 Å². The summed E-state index contributed by atoms with van der Waals surface area (Å²) in [6.07, 6.45) is 3.92. The molecule has 0 spiro atoms. The van der Waals surface area contributed by atoms with Gasteiger partial charge in [-0.3, -0.25) is 4.99 Å². The van der Waals surface area contributed by atoms with Gasteiger partial charge in [-0.25, -0.2) is 0 Å². The number of nitrogens with zero attached hydrogens (tertiary/aromatic N) is 6. The third-order valence-electron chi connectivity index (χ3n) is 5.40. The summed E-state index contributed by atoms with van der Waals surface area (Å²) in [4.78, 5) is 8.98. The SMILES string of the molecule is CN=C(NCCCc1nnc(SC)n1CC(C)C)N1CCN(c2ccccc2O)CC1. The molecule has 0 unspecified atom stereocenters. The summed E-state index contributed by atoms with van der Waals surface area (Å²) in [6, 6.07) is 7.53. The van der Waals surface area contributed by atoms with Gasteiger partial charge < -0.3 is 24.8 Å². The first-order valence-corrected chi connectivity index (χ1v) is 12.2. The molecular weight excluding hydrogens is 410 g/mol. The highest BCUT2D eigenvalue weighted by Gasteiger charge is 2.21. The number of nitrogens with one attached hydrogen (secondary N) is 1. The highest BCUT2D eigenvalue weighted by Crippen LogP contribution is 2.27. The topological polar surface area (TPSA) is 81.8 Å². The van der Waals surface area contributed by atoms with Gasteiger partial charge in [0.25, 0.3) is 0 Å². The molecule has 2 aromatic rings. The molecule has 1 saturated heterocycles. The van der Waals surface area contributed by atoms with Crippen LogP contribution in [0.3, 0.4) is 0 Å². The molecule has 9 heteroatoms. The minimum absolute atomic E-state index is 0.341. The van der Waals surface area contributed by atoms with E-state index in [1.807, 2.05) is 25.2 Å². The number of thioether (sulfide) groups is 1. The minimum atomic E-state index is 0.341. The fourth-order valence-electron chi connectivity index (χ4n) is 3.87. The number of phenolic OH excluding ortho intramolecular Hbond substituents is 1. The van der Waals surface area contributed by atoms with E-state index >= 15 is 0 Å². The van der Waals surface area contributed by atoms with Crippen LogP contribution in [0.1, 0.15) is 26.1 Å². The van der Waals surface area contributed by atoms with Gasteiger partial charge in [0.15, 0.2) is 11.1 Å². The number of hydrogen-bond acceptors (Lipinski definition) is 6. The Balaban J connectivity index is 1.47. The van der Waals surface area contributed by atoms with Crippen molar-refractivity contribution in [1.82, 2.24) is 25.0 Å². The molecule has 2 heterocycles. The quantitative estimate of drug-likeness (QED) is 0.280. The maximum Gasteiger partial charge on any atom is 0.193 e. The molecule has 3 rings (SSSR count). The molecule has 0 bridgehead atoms. The smallest absolute Gasteiger partial charge is 0.193 e. The molecule has 1 aliphatic heterocycles. The Morgan fingerprint density at radius 3 is 2.58 bits per heavy atom. The van der Waals surface area contributed by atoms with Crippen LogP contribution in [0.4, 0.5) is 5.69 Å². The maximum atomic E-state index is 10.1. The van der Waals surface area contributed by atoms with Crippen molar-refractivity contribution < 1.29 is 5.11 Å². The molecule has 0 radical (unpaired) electrons. The number of rotatable bonds is 8. The predicted octanol–water partition coefficient (Wildman–Crippen LogP) is 2.69. The third-order valence-corrected chi connectivity index (χ3v) is 6.06. The largest absolute Gasteiger partial charge is 0.506 e. The lowest BCUT2D eigenvalue weighted by Crippen LogP contribution is -2.52. The number of hydrogen-bond donors (Lipinski definition) is 2. The van der Waals surface area contributed by atoms with E-state index in [0.717, 1.165) is 74.7 Å². The number of aromatic hydroxyl groups is 1. The summed E-state index contributed by atoms with van der Waals surface area (Å²) in [6.45, 7) is 9.69. The highest BCUT2D eigenvalue weighted by atomic mass is 32.2. The Kier molecular flexibility index (Phi) is 8.45. The minimum Gasteiger partial charge on any atom is -0.506 e. The third kappa shape index (κ3) is 6.06. The van der Waals surface area contributed by atoms with Gasteiger partial charge >= 0.3 is 0 Å². The summed E-state index contributed by atoms with van der Waals surface area (Å²) in [5, 5.41) is 23.3. The standard InChI is InChI=1S/C22H35N7OS/c1-17(2)16-29-20(25-26-22(29)31-4)10-7-11-24-21(23-3)28-14-12-27(13-15-28)18-8-5-6-9-19(18)30/h5-6,8-9,17,30H,7,10-16H2,1-4H3,(H,23,24). The molecule has 2 N–H and O–H groups in total. The number of para-hydroxylation sites is 2. The lowest BCUT2D eigenvalue weighted by molar-refractivity contribution is 0.369. The number of aryl methyl sites for hydroxylation is 1. The van der Waals surface area contributed by atoms with Crippen LogP contribution in [-0.4, -0.2) is 76.8 Å². The van der Waals surface area contributed by atoms with Crippen molar-refractivity contribution in [3.05, 3.63) is 30.1 Å². The zero-order valence-corrected chi connectivity index (χ0v) is 19.9.